The van der Waals surface area contributed by atoms with Crippen molar-refractivity contribution in [1.29, 1.82) is 0 Å². The molecule has 2 aliphatic rings. The zero-order valence-corrected chi connectivity index (χ0v) is 11.0. The Hall–Kier alpha value is -1.22. The Bertz CT molecular complexity index is 498. The summed E-state index contributed by atoms with van der Waals surface area (Å²) in [5.41, 5.74) is 1.09. The van der Waals surface area contributed by atoms with Crippen LogP contribution in [0.2, 0.25) is 5.02 Å². The van der Waals surface area contributed by atoms with Crippen molar-refractivity contribution >= 4 is 17.4 Å². The number of benzene rings is 1. The molecule has 1 aromatic rings. The van der Waals surface area contributed by atoms with E-state index in [2.05, 4.69) is 0 Å². The van der Waals surface area contributed by atoms with Gasteiger partial charge in [0, 0.05) is 12.3 Å². The SMILES string of the molecule is CC(=O)C1CC1c1cc(Cl)c2c(c1)OCCCO2. The Morgan fingerprint density at radius 1 is 1.33 bits per heavy atom. The van der Waals surface area contributed by atoms with Crippen molar-refractivity contribution in [2.45, 2.75) is 25.7 Å². The predicted molar refractivity (Wildman–Crippen MR) is 68.6 cm³/mol. The molecule has 1 aliphatic carbocycles. The number of carbonyl (C=O) groups is 1. The number of hydrogen-bond acceptors (Lipinski definition) is 3. The van der Waals surface area contributed by atoms with E-state index in [9.17, 15) is 4.79 Å². The quantitative estimate of drug-likeness (QED) is 0.825. The fourth-order valence-corrected chi connectivity index (χ4v) is 2.75. The number of hydrogen-bond donors (Lipinski definition) is 0. The Labute approximate surface area is 111 Å². The number of halogens is 1. The minimum atomic E-state index is 0.158. The first-order valence-corrected chi connectivity index (χ1v) is 6.64. The Kier molecular flexibility index (Phi) is 2.94. The molecule has 3 nitrogen and oxygen atoms in total. The Morgan fingerprint density at radius 2 is 2.11 bits per heavy atom. The van der Waals surface area contributed by atoms with Crippen molar-refractivity contribution in [2.75, 3.05) is 13.2 Å². The molecule has 1 fully saturated rings. The van der Waals surface area contributed by atoms with E-state index in [0.29, 0.717) is 35.7 Å². The van der Waals surface area contributed by atoms with Crippen LogP contribution in [-0.4, -0.2) is 19.0 Å². The Balaban J connectivity index is 1.92. The smallest absolute Gasteiger partial charge is 0.179 e. The van der Waals surface area contributed by atoms with Crippen molar-refractivity contribution in [2.24, 2.45) is 5.92 Å². The van der Waals surface area contributed by atoms with Gasteiger partial charge in [0.1, 0.15) is 5.78 Å². The predicted octanol–water partition coefficient (Wildman–Crippen LogP) is 3.19. The standard InChI is InChI=1S/C14H15ClO3/c1-8(16)10-7-11(10)9-5-12(15)14-13(6-9)17-3-2-4-18-14/h5-6,10-11H,2-4,7H2,1H3. The van der Waals surface area contributed by atoms with Gasteiger partial charge in [-0.2, -0.15) is 0 Å². The highest BCUT2D eigenvalue weighted by atomic mass is 35.5. The average molecular weight is 267 g/mol. The first-order valence-electron chi connectivity index (χ1n) is 6.26. The van der Waals surface area contributed by atoms with Crippen LogP contribution in [0.15, 0.2) is 12.1 Å². The molecule has 0 radical (unpaired) electrons. The highest BCUT2D eigenvalue weighted by molar-refractivity contribution is 6.32. The van der Waals surface area contributed by atoms with Gasteiger partial charge in [-0.1, -0.05) is 11.6 Å². The van der Waals surface area contributed by atoms with Gasteiger partial charge in [0.15, 0.2) is 11.5 Å². The van der Waals surface area contributed by atoms with Crippen LogP contribution >= 0.6 is 11.6 Å². The molecule has 4 heteroatoms. The second kappa shape index (κ2) is 4.47. The lowest BCUT2D eigenvalue weighted by Gasteiger charge is -2.11. The number of carbonyl (C=O) groups excluding carboxylic acids is 1. The Morgan fingerprint density at radius 3 is 2.83 bits per heavy atom. The second-order valence-corrected chi connectivity index (χ2v) is 5.35. The van der Waals surface area contributed by atoms with Gasteiger partial charge in [-0.15, -0.1) is 0 Å². The third kappa shape index (κ3) is 2.07. The molecule has 0 bridgehead atoms. The van der Waals surface area contributed by atoms with E-state index < -0.39 is 0 Å². The minimum Gasteiger partial charge on any atom is -0.489 e. The molecule has 0 amide bonds. The van der Waals surface area contributed by atoms with Crippen LogP contribution in [0.5, 0.6) is 11.5 Å². The topological polar surface area (TPSA) is 35.5 Å². The molecule has 2 atom stereocenters. The van der Waals surface area contributed by atoms with Crippen LogP contribution in [0, 0.1) is 5.92 Å². The van der Waals surface area contributed by atoms with E-state index in [-0.39, 0.29) is 11.7 Å². The molecule has 96 valence electrons. The first-order chi connectivity index (χ1) is 8.66. The minimum absolute atomic E-state index is 0.158. The molecule has 1 aliphatic heterocycles. The summed E-state index contributed by atoms with van der Waals surface area (Å²) in [5.74, 6) is 2.06. The first kappa shape index (κ1) is 11.8. The molecule has 18 heavy (non-hydrogen) atoms. The van der Waals surface area contributed by atoms with Crippen LogP contribution in [0.1, 0.15) is 31.2 Å². The fourth-order valence-electron chi connectivity index (χ4n) is 2.48. The third-order valence-corrected chi connectivity index (χ3v) is 3.85. The van der Waals surface area contributed by atoms with Gasteiger partial charge in [-0.25, -0.2) is 0 Å². The van der Waals surface area contributed by atoms with Crippen molar-refractivity contribution in [3.05, 3.63) is 22.7 Å². The summed E-state index contributed by atoms with van der Waals surface area (Å²) in [6, 6.07) is 3.88. The number of rotatable bonds is 2. The van der Waals surface area contributed by atoms with Gasteiger partial charge >= 0.3 is 0 Å². The fraction of sp³-hybridized carbons (Fsp3) is 0.500. The van der Waals surface area contributed by atoms with Gasteiger partial charge in [0.05, 0.1) is 18.2 Å². The molecule has 0 aromatic heterocycles. The van der Waals surface area contributed by atoms with Gasteiger partial charge < -0.3 is 9.47 Å². The average Bonchev–Trinajstić information content (AvgIpc) is 3.12. The molecule has 1 aromatic carbocycles. The summed E-state index contributed by atoms with van der Waals surface area (Å²) in [6.45, 7) is 2.93. The van der Waals surface area contributed by atoms with Gasteiger partial charge in [0.25, 0.3) is 0 Å². The maximum absolute atomic E-state index is 11.3. The largest absolute Gasteiger partial charge is 0.489 e. The van der Waals surface area contributed by atoms with Crippen LogP contribution in [0.4, 0.5) is 0 Å². The van der Waals surface area contributed by atoms with E-state index in [1.54, 1.807) is 6.92 Å². The number of fused-ring (bicyclic) bond motifs is 1. The number of Topliss-reactive ketones (excluding diaryl/α,β-unsaturated/α-hetero) is 1. The van der Waals surface area contributed by atoms with Gasteiger partial charge in [0.2, 0.25) is 0 Å². The third-order valence-electron chi connectivity index (χ3n) is 3.57. The van der Waals surface area contributed by atoms with Crippen LogP contribution in [-0.2, 0) is 4.79 Å². The molecule has 3 rings (SSSR count). The molecule has 0 N–H and O–H groups in total. The summed E-state index contributed by atoms with van der Waals surface area (Å²) in [4.78, 5) is 11.3. The van der Waals surface area contributed by atoms with Crippen LogP contribution in [0.3, 0.4) is 0 Å². The lowest BCUT2D eigenvalue weighted by molar-refractivity contribution is -0.118. The van der Waals surface area contributed by atoms with E-state index in [1.165, 1.54) is 0 Å². The van der Waals surface area contributed by atoms with Crippen molar-refractivity contribution in [3.8, 4) is 11.5 Å². The molecule has 1 heterocycles. The van der Waals surface area contributed by atoms with E-state index in [4.69, 9.17) is 21.1 Å². The summed E-state index contributed by atoms with van der Waals surface area (Å²) >= 11 is 6.23. The lowest BCUT2D eigenvalue weighted by atomic mass is 10.1. The molecular weight excluding hydrogens is 252 g/mol. The van der Waals surface area contributed by atoms with Gasteiger partial charge in [-0.05, 0) is 37.0 Å². The monoisotopic (exact) mass is 266 g/mol. The van der Waals surface area contributed by atoms with Crippen molar-refractivity contribution in [1.82, 2.24) is 0 Å². The maximum Gasteiger partial charge on any atom is 0.179 e. The molecule has 0 saturated heterocycles. The number of ether oxygens (including phenoxy) is 2. The summed E-state index contributed by atoms with van der Waals surface area (Å²) < 4.78 is 11.2. The highest BCUT2D eigenvalue weighted by Gasteiger charge is 2.42. The van der Waals surface area contributed by atoms with Crippen LogP contribution < -0.4 is 9.47 Å². The van der Waals surface area contributed by atoms with Crippen molar-refractivity contribution in [3.63, 3.8) is 0 Å². The van der Waals surface area contributed by atoms with E-state index in [0.717, 1.165) is 18.4 Å². The van der Waals surface area contributed by atoms with Crippen molar-refractivity contribution < 1.29 is 14.3 Å². The molecular formula is C14H15ClO3. The van der Waals surface area contributed by atoms with Gasteiger partial charge in [-0.3, -0.25) is 4.79 Å². The summed E-state index contributed by atoms with van der Waals surface area (Å²) in [5, 5.41) is 0.582. The summed E-state index contributed by atoms with van der Waals surface area (Å²) in [6.07, 6.45) is 1.78. The maximum atomic E-state index is 11.3. The van der Waals surface area contributed by atoms with Crippen LogP contribution in [0.25, 0.3) is 0 Å². The van der Waals surface area contributed by atoms with E-state index >= 15 is 0 Å². The second-order valence-electron chi connectivity index (χ2n) is 4.94. The normalized spacial score (nSPS) is 25.4. The number of ketones is 1. The molecule has 1 saturated carbocycles. The highest BCUT2D eigenvalue weighted by Crippen LogP contribution is 2.51. The lowest BCUT2D eigenvalue weighted by Crippen LogP contribution is -1.97. The summed E-state index contributed by atoms with van der Waals surface area (Å²) in [7, 11) is 0. The zero-order valence-electron chi connectivity index (χ0n) is 10.2. The zero-order chi connectivity index (χ0) is 12.7. The molecule has 2 unspecified atom stereocenters. The molecule has 0 spiro atoms. The van der Waals surface area contributed by atoms with E-state index in [1.807, 2.05) is 12.1 Å².